The van der Waals surface area contributed by atoms with E-state index in [1.807, 2.05) is 12.4 Å². The van der Waals surface area contributed by atoms with Gasteiger partial charge in [0.15, 0.2) is 5.65 Å². The number of fused-ring (bicyclic) bond motifs is 2. The molecule has 0 fully saturated rings. The summed E-state index contributed by atoms with van der Waals surface area (Å²) in [6.07, 6.45) is 7.03. The first kappa shape index (κ1) is 14.9. The molecule has 0 unspecified atom stereocenters. The Balaban J connectivity index is 1.48. The molecule has 0 bridgehead atoms. The summed E-state index contributed by atoms with van der Waals surface area (Å²) in [4.78, 5) is 16.6. The van der Waals surface area contributed by atoms with Gasteiger partial charge in [-0.15, -0.1) is 5.10 Å². The Morgan fingerprint density at radius 3 is 3.12 bits per heavy atom. The molecule has 0 aliphatic carbocycles. The Morgan fingerprint density at radius 1 is 1.27 bits per heavy atom. The van der Waals surface area contributed by atoms with Gasteiger partial charge in [-0.25, -0.2) is 14.6 Å². The van der Waals surface area contributed by atoms with Crippen LogP contribution in [0, 0.1) is 0 Å². The predicted molar refractivity (Wildman–Crippen MR) is 92.6 cm³/mol. The molecule has 0 amide bonds. The number of rotatable bonds is 5. The number of hydrogen-bond acceptors (Lipinski definition) is 7. The molecule has 10 nitrogen and oxygen atoms in total. The van der Waals surface area contributed by atoms with E-state index in [2.05, 4.69) is 41.4 Å². The summed E-state index contributed by atoms with van der Waals surface area (Å²) in [6, 6.07) is 2.09. The molecule has 26 heavy (non-hydrogen) atoms. The second-order valence-electron chi connectivity index (χ2n) is 6.07. The number of aromatic amines is 1. The van der Waals surface area contributed by atoms with Crippen LogP contribution in [0.4, 0.5) is 0 Å². The number of H-pyrrole nitrogens is 1. The van der Waals surface area contributed by atoms with E-state index in [-0.39, 0.29) is 6.61 Å². The third kappa shape index (κ3) is 2.47. The molecule has 0 saturated carbocycles. The van der Waals surface area contributed by atoms with Gasteiger partial charge in [0.05, 0.1) is 50.0 Å². The number of nitrogens with one attached hydrogen (secondary N) is 1. The van der Waals surface area contributed by atoms with Gasteiger partial charge < -0.3 is 10.1 Å². The van der Waals surface area contributed by atoms with Crippen LogP contribution in [0.1, 0.15) is 17.0 Å². The predicted octanol–water partition coefficient (Wildman–Crippen LogP) is 0.386. The van der Waals surface area contributed by atoms with Crippen molar-refractivity contribution in [1.29, 1.82) is 0 Å². The molecule has 1 aliphatic rings. The van der Waals surface area contributed by atoms with Crippen LogP contribution in [-0.2, 0) is 19.6 Å². The molecule has 4 aromatic heterocycles. The van der Waals surface area contributed by atoms with Crippen molar-refractivity contribution >= 4 is 17.5 Å². The average molecular weight is 349 g/mol. The molecule has 0 atom stereocenters. The normalized spacial score (nSPS) is 13.0. The molecule has 2 N–H and O–H groups in total. The quantitative estimate of drug-likeness (QED) is 0.537. The van der Waals surface area contributed by atoms with E-state index in [9.17, 15) is 0 Å². The monoisotopic (exact) mass is 349 g/mol. The van der Waals surface area contributed by atoms with E-state index >= 15 is 0 Å². The molecule has 0 radical (unpaired) electrons. The molecule has 0 saturated heterocycles. The highest BCUT2D eigenvalue weighted by atomic mass is 16.3. The Morgan fingerprint density at radius 2 is 2.23 bits per heavy atom. The molecular formula is C16H15N9O. The SMILES string of the molecule is OCCn1cc(-c2cnc3nnn(Cc4cc5c([nH]4)C=NC5)c3n2)cn1. The zero-order chi connectivity index (χ0) is 17.5. The van der Waals surface area contributed by atoms with Crippen LogP contribution in [0.25, 0.3) is 22.6 Å². The average Bonchev–Trinajstić information content (AvgIpc) is 3.39. The molecule has 10 heteroatoms. The lowest BCUT2D eigenvalue weighted by Crippen LogP contribution is -2.04. The van der Waals surface area contributed by atoms with Gasteiger partial charge >= 0.3 is 0 Å². The maximum absolute atomic E-state index is 9.01. The number of aliphatic hydroxyl groups excluding tert-OH is 1. The fourth-order valence-corrected chi connectivity index (χ4v) is 3.03. The Hall–Kier alpha value is -3.40. The van der Waals surface area contributed by atoms with E-state index in [1.165, 1.54) is 5.56 Å². The minimum atomic E-state index is 0.0351. The Labute approximate surface area is 147 Å². The van der Waals surface area contributed by atoms with Gasteiger partial charge in [-0.1, -0.05) is 5.21 Å². The van der Waals surface area contributed by atoms with Gasteiger partial charge in [0, 0.05) is 29.2 Å². The van der Waals surface area contributed by atoms with Crippen molar-refractivity contribution in [3.05, 3.63) is 41.6 Å². The van der Waals surface area contributed by atoms with E-state index in [1.54, 1.807) is 21.8 Å². The van der Waals surface area contributed by atoms with E-state index in [0.29, 0.717) is 36.6 Å². The fourth-order valence-electron chi connectivity index (χ4n) is 3.03. The number of aliphatic hydroxyl groups is 1. The van der Waals surface area contributed by atoms with E-state index < -0.39 is 0 Å². The van der Waals surface area contributed by atoms with E-state index in [4.69, 9.17) is 5.11 Å². The van der Waals surface area contributed by atoms with Crippen molar-refractivity contribution in [2.24, 2.45) is 4.99 Å². The van der Waals surface area contributed by atoms with Gasteiger partial charge in [0.25, 0.3) is 0 Å². The maximum Gasteiger partial charge on any atom is 0.221 e. The minimum Gasteiger partial charge on any atom is -0.394 e. The third-order valence-corrected chi connectivity index (χ3v) is 4.28. The highest BCUT2D eigenvalue weighted by Crippen LogP contribution is 2.19. The topological polar surface area (TPSA) is 123 Å². The van der Waals surface area contributed by atoms with Crippen LogP contribution in [0.3, 0.4) is 0 Å². The van der Waals surface area contributed by atoms with Crippen molar-refractivity contribution in [2.45, 2.75) is 19.6 Å². The second-order valence-corrected chi connectivity index (χ2v) is 6.07. The smallest absolute Gasteiger partial charge is 0.221 e. The maximum atomic E-state index is 9.01. The van der Waals surface area contributed by atoms with Crippen molar-refractivity contribution in [3.63, 3.8) is 0 Å². The molecule has 130 valence electrons. The van der Waals surface area contributed by atoms with Gasteiger partial charge in [-0.2, -0.15) is 5.10 Å². The van der Waals surface area contributed by atoms with Crippen LogP contribution in [0.2, 0.25) is 0 Å². The van der Waals surface area contributed by atoms with Crippen LogP contribution in [0.5, 0.6) is 0 Å². The largest absolute Gasteiger partial charge is 0.394 e. The fraction of sp³-hybridized carbons (Fsp3) is 0.250. The van der Waals surface area contributed by atoms with Gasteiger partial charge in [-0.05, 0) is 6.07 Å². The summed E-state index contributed by atoms with van der Waals surface area (Å²) in [5.74, 6) is 0. The van der Waals surface area contributed by atoms with Crippen molar-refractivity contribution in [3.8, 4) is 11.3 Å². The summed E-state index contributed by atoms with van der Waals surface area (Å²) >= 11 is 0. The van der Waals surface area contributed by atoms with Crippen molar-refractivity contribution < 1.29 is 5.11 Å². The molecule has 5 heterocycles. The first-order chi connectivity index (χ1) is 12.8. The first-order valence-electron chi connectivity index (χ1n) is 8.20. The van der Waals surface area contributed by atoms with Gasteiger partial charge in [-0.3, -0.25) is 9.67 Å². The van der Waals surface area contributed by atoms with Crippen LogP contribution >= 0.6 is 0 Å². The lowest BCUT2D eigenvalue weighted by atomic mass is 10.2. The summed E-state index contributed by atoms with van der Waals surface area (Å²) in [5, 5.41) is 21.5. The Kier molecular flexibility index (Phi) is 3.35. The Bertz CT molecular complexity index is 1120. The lowest BCUT2D eigenvalue weighted by molar-refractivity contribution is 0.269. The van der Waals surface area contributed by atoms with E-state index in [0.717, 1.165) is 17.0 Å². The number of hydrogen-bond donors (Lipinski definition) is 2. The molecule has 4 aromatic rings. The summed E-state index contributed by atoms with van der Waals surface area (Å²) < 4.78 is 3.39. The molecule has 0 aromatic carbocycles. The zero-order valence-corrected chi connectivity index (χ0v) is 13.7. The second kappa shape index (κ2) is 5.85. The number of aliphatic imine (C=N–C) groups is 1. The number of aromatic nitrogens is 8. The summed E-state index contributed by atoms with van der Waals surface area (Å²) in [7, 11) is 0. The standard InChI is InChI=1S/C16H15N9O/c26-2-1-24-8-11(5-19-24)14-7-18-15-16(21-14)25(23-22-15)9-12-3-10-4-17-6-13(10)20-12/h3,5-8,20,26H,1-2,4,9H2. The number of nitrogens with zero attached hydrogens (tertiary/aromatic N) is 8. The van der Waals surface area contributed by atoms with Crippen LogP contribution in [0.15, 0.2) is 29.6 Å². The molecule has 5 rings (SSSR count). The highest BCUT2D eigenvalue weighted by molar-refractivity contribution is 5.82. The molecule has 0 spiro atoms. The van der Waals surface area contributed by atoms with Crippen LogP contribution in [-0.4, -0.2) is 57.7 Å². The van der Waals surface area contributed by atoms with Gasteiger partial charge in [0.1, 0.15) is 0 Å². The van der Waals surface area contributed by atoms with Crippen LogP contribution < -0.4 is 0 Å². The third-order valence-electron chi connectivity index (χ3n) is 4.28. The lowest BCUT2D eigenvalue weighted by Gasteiger charge is -2.01. The molecule has 1 aliphatic heterocycles. The van der Waals surface area contributed by atoms with Crippen molar-refractivity contribution in [2.75, 3.05) is 6.61 Å². The first-order valence-corrected chi connectivity index (χ1v) is 8.20. The zero-order valence-electron chi connectivity index (χ0n) is 13.7. The highest BCUT2D eigenvalue weighted by Gasteiger charge is 2.14. The minimum absolute atomic E-state index is 0.0351. The molecular weight excluding hydrogens is 334 g/mol. The van der Waals surface area contributed by atoms with Crippen molar-refractivity contribution in [1.82, 2.24) is 39.7 Å². The van der Waals surface area contributed by atoms with Gasteiger partial charge in [0.2, 0.25) is 5.65 Å². The summed E-state index contributed by atoms with van der Waals surface area (Å²) in [6.45, 7) is 1.72. The summed E-state index contributed by atoms with van der Waals surface area (Å²) in [5.41, 5.74) is 5.89.